The van der Waals surface area contributed by atoms with Gasteiger partial charge in [0, 0.05) is 44.5 Å². The van der Waals surface area contributed by atoms with Crippen LogP contribution >= 0.6 is 0 Å². The molecule has 3 aliphatic rings. The summed E-state index contributed by atoms with van der Waals surface area (Å²) in [5.41, 5.74) is 3.52. The van der Waals surface area contributed by atoms with E-state index in [0.717, 1.165) is 62.9 Å². The van der Waals surface area contributed by atoms with E-state index in [2.05, 4.69) is 38.2 Å². The molecule has 2 saturated heterocycles. The Labute approximate surface area is 202 Å². The second-order valence-corrected chi connectivity index (χ2v) is 9.52. The molecule has 182 valence electrons. The first-order valence-electron chi connectivity index (χ1n) is 12.5. The standard InChI is InChI=1S/C27H36N4O3/c1-33-21-10-9-20-17-22(27(32)28-11-14-29-12-5-6-13-29)25-19-30(15-16-31(25)24(20)18-21)23-7-3-4-8-26(23)34-2/h3-4,7-10,18,22,25H,5-6,11-17,19H2,1-2H3,(H,28,32)/t22-,25+/m0/s1. The summed E-state index contributed by atoms with van der Waals surface area (Å²) in [6, 6.07) is 14.5. The van der Waals surface area contributed by atoms with Crippen molar-refractivity contribution < 1.29 is 14.3 Å². The van der Waals surface area contributed by atoms with Crippen LogP contribution in [0.25, 0.3) is 0 Å². The van der Waals surface area contributed by atoms with Gasteiger partial charge in [0.25, 0.3) is 0 Å². The number of para-hydroxylation sites is 2. The fourth-order valence-corrected chi connectivity index (χ4v) is 5.79. The number of carbonyl (C=O) groups excluding carboxylic acids is 1. The number of nitrogens with one attached hydrogen (secondary N) is 1. The zero-order chi connectivity index (χ0) is 23.5. The van der Waals surface area contributed by atoms with Crippen molar-refractivity contribution in [1.29, 1.82) is 0 Å². The van der Waals surface area contributed by atoms with E-state index < -0.39 is 0 Å². The molecule has 0 unspecified atom stereocenters. The highest BCUT2D eigenvalue weighted by atomic mass is 16.5. The molecule has 3 heterocycles. The Morgan fingerprint density at radius 3 is 2.62 bits per heavy atom. The quantitative estimate of drug-likeness (QED) is 0.680. The smallest absolute Gasteiger partial charge is 0.225 e. The molecular formula is C27H36N4O3. The lowest BCUT2D eigenvalue weighted by atomic mass is 9.83. The number of hydrogen-bond donors (Lipinski definition) is 1. The zero-order valence-corrected chi connectivity index (χ0v) is 20.3. The van der Waals surface area contributed by atoms with E-state index >= 15 is 0 Å². The van der Waals surface area contributed by atoms with Gasteiger partial charge in [0.2, 0.25) is 5.91 Å². The van der Waals surface area contributed by atoms with E-state index in [1.54, 1.807) is 14.2 Å². The van der Waals surface area contributed by atoms with Crippen LogP contribution in [0.5, 0.6) is 11.5 Å². The molecule has 0 aromatic heterocycles. The monoisotopic (exact) mass is 464 g/mol. The Hall–Kier alpha value is -2.93. The van der Waals surface area contributed by atoms with Gasteiger partial charge in [-0.1, -0.05) is 18.2 Å². The molecule has 0 saturated carbocycles. The molecule has 2 aromatic rings. The molecule has 2 atom stereocenters. The first-order valence-corrected chi connectivity index (χ1v) is 12.5. The molecule has 7 heteroatoms. The van der Waals surface area contributed by atoms with E-state index in [4.69, 9.17) is 9.47 Å². The minimum absolute atomic E-state index is 0.0880. The Kier molecular flexibility index (Phi) is 6.81. The van der Waals surface area contributed by atoms with Gasteiger partial charge < -0.3 is 29.5 Å². The number of ether oxygens (including phenoxy) is 2. The van der Waals surface area contributed by atoms with Crippen LogP contribution in [-0.2, 0) is 11.2 Å². The van der Waals surface area contributed by atoms with Crippen molar-refractivity contribution in [2.45, 2.75) is 25.3 Å². The second-order valence-electron chi connectivity index (χ2n) is 9.52. The Morgan fingerprint density at radius 2 is 1.82 bits per heavy atom. The van der Waals surface area contributed by atoms with Crippen LogP contribution in [0.15, 0.2) is 42.5 Å². The fourth-order valence-electron chi connectivity index (χ4n) is 5.79. The third-order valence-corrected chi connectivity index (χ3v) is 7.61. The summed E-state index contributed by atoms with van der Waals surface area (Å²) < 4.78 is 11.2. The van der Waals surface area contributed by atoms with Gasteiger partial charge in [-0.25, -0.2) is 0 Å². The molecule has 0 bridgehead atoms. The normalized spacial score (nSPS) is 22.2. The van der Waals surface area contributed by atoms with E-state index in [1.165, 1.54) is 24.1 Å². The van der Waals surface area contributed by atoms with Crippen molar-refractivity contribution >= 4 is 17.3 Å². The lowest BCUT2D eigenvalue weighted by Crippen LogP contribution is -2.61. The number of amides is 1. The van der Waals surface area contributed by atoms with Crippen LogP contribution in [0.3, 0.4) is 0 Å². The van der Waals surface area contributed by atoms with Crippen molar-refractivity contribution in [3.8, 4) is 11.5 Å². The average molecular weight is 465 g/mol. The minimum Gasteiger partial charge on any atom is -0.497 e. The summed E-state index contributed by atoms with van der Waals surface area (Å²) in [5, 5.41) is 3.27. The van der Waals surface area contributed by atoms with E-state index in [-0.39, 0.29) is 17.9 Å². The number of hydrogen-bond acceptors (Lipinski definition) is 6. The van der Waals surface area contributed by atoms with Gasteiger partial charge in [-0.05, 0) is 56.1 Å². The third-order valence-electron chi connectivity index (χ3n) is 7.61. The number of benzene rings is 2. The van der Waals surface area contributed by atoms with Crippen molar-refractivity contribution in [2.75, 3.05) is 69.8 Å². The minimum atomic E-state index is -0.100. The number of likely N-dealkylation sites (tertiary alicyclic amines) is 1. The number of fused-ring (bicyclic) bond motifs is 3. The third kappa shape index (κ3) is 4.53. The molecule has 1 N–H and O–H groups in total. The Bertz CT molecular complexity index is 1010. The van der Waals surface area contributed by atoms with E-state index in [0.29, 0.717) is 6.54 Å². The predicted molar refractivity (Wildman–Crippen MR) is 135 cm³/mol. The SMILES string of the molecule is COc1ccc2c(c1)N1CCN(c3ccccc3OC)C[C@@H]1[C@@H](C(=O)NCCN1CCCC1)C2. The number of anilines is 2. The van der Waals surface area contributed by atoms with Crippen LogP contribution in [-0.4, -0.2) is 76.9 Å². The number of piperazine rings is 1. The molecule has 34 heavy (non-hydrogen) atoms. The van der Waals surface area contributed by atoms with E-state index in [1.807, 2.05) is 24.3 Å². The summed E-state index contributed by atoms with van der Waals surface area (Å²) in [7, 11) is 3.42. The fraction of sp³-hybridized carbons (Fsp3) is 0.519. The first-order chi connectivity index (χ1) is 16.7. The Morgan fingerprint density at radius 1 is 1.00 bits per heavy atom. The van der Waals surface area contributed by atoms with Crippen molar-refractivity contribution in [2.24, 2.45) is 5.92 Å². The highest BCUT2D eigenvalue weighted by Crippen LogP contribution is 2.40. The van der Waals surface area contributed by atoms with Gasteiger partial charge in [-0.15, -0.1) is 0 Å². The molecule has 2 aromatic carbocycles. The van der Waals surface area contributed by atoms with Crippen LogP contribution in [0.2, 0.25) is 0 Å². The average Bonchev–Trinajstić information content (AvgIpc) is 3.41. The summed E-state index contributed by atoms with van der Waals surface area (Å²) in [6.45, 7) is 6.46. The Balaban J connectivity index is 1.38. The topological polar surface area (TPSA) is 57.3 Å². The second kappa shape index (κ2) is 10.1. The molecular weight excluding hydrogens is 428 g/mol. The summed E-state index contributed by atoms with van der Waals surface area (Å²) >= 11 is 0. The van der Waals surface area contributed by atoms with Crippen molar-refractivity contribution in [3.63, 3.8) is 0 Å². The number of carbonyl (C=O) groups is 1. The van der Waals surface area contributed by atoms with Crippen molar-refractivity contribution in [3.05, 3.63) is 48.0 Å². The van der Waals surface area contributed by atoms with Crippen LogP contribution in [0.4, 0.5) is 11.4 Å². The van der Waals surface area contributed by atoms with Gasteiger partial charge in [0.15, 0.2) is 0 Å². The van der Waals surface area contributed by atoms with Crippen LogP contribution < -0.4 is 24.6 Å². The number of methoxy groups -OCH3 is 2. The molecule has 5 rings (SSSR count). The summed E-state index contributed by atoms with van der Waals surface area (Å²) in [6.07, 6.45) is 3.29. The first kappa shape index (κ1) is 22.8. The largest absolute Gasteiger partial charge is 0.497 e. The molecule has 0 radical (unpaired) electrons. The van der Waals surface area contributed by atoms with Gasteiger partial charge in [-0.2, -0.15) is 0 Å². The zero-order valence-electron chi connectivity index (χ0n) is 20.3. The molecule has 1 amide bonds. The maximum absolute atomic E-state index is 13.5. The van der Waals surface area contributed by atoms with Crippen molar-refractivity contribution in [1.82, 2.24) is 10.2 Å². The van der Waals surface area contributed by atoms with Crippen LogP contribution in [0.1, 0.15) is 18.4 Å². The highest BCUT2D eigenvalue weighted by Gasteiger charge is 2.42. The number of nitrogens with zero attached hydrogens (tertiary/aromatic N) is 3. The molecule has 0 spiro atoms. The summed E-state index contributed by atoms with van der Waals surface area (Å²) in [5.74, 6) is 1.80. The summed E-state index contributed by atoms with van der Waals surface area (Å²) in [4.78, 5) is 20.7. The number of rotatable bonds is 7. The van der Waals surface area contributed by atoms with Crippen LogP contribution in [0, 0.1) is 5.92 Å². The highest BCUT2D eigenvalue weighted by molar-refractivity contribution is 5.82. The van der Waals surface area contributed by atoms with Gasteiger partial charge in [-0.3, -0.25) is 4.79 Å². The van der Waals surface area contributed by atoms with Gasteiger partial charge in [0.05, 0.1) is 31.9 Å². The maximum atomic E-state index is 13.5. The maximum Gasteiger partial charge on any atom is 0.225 e. The lowest BCUT2D eigenvalue weighted by Gasteiger charge is -2.49. The predicted octanol–water partition coefficient (Wildman–Crippen LogP) is 2.78. The molecule has 3 aliphatic heterocycles. The molecule has 2 fully saturated rings. The molecule has 7 nitrogen and oxygen atoms in total. The lowest BCUT2D eigenvalue weighted by molar-refractivity contribution is -0.125. The van der Waals surface area contributed by atoms with E-state index in [9.17, 15) is 4.79 Å². The van der Waals surface area contributed by atoms with Gasteiger partial charge in [0.1, 0.15) is 11.5 Å². The van der Waals surface area contributed by atoms with Gasteiger partial charge >= 0.3 is 0 Å². The molecule has 0 aliphatic carbocycles.